The molecule has 5 nitrogen and oxygen atoms in total. The van der Waals surface area contributed by atoms with E-state index in [1.807, 2.05) is 12.1 Å². The highest BCUT2D eigenvalue weighted by Crippen LogP contribution is 2.48. The van der Waals surface area contributed by atoms with Crippen LogP contribution in [0.1, 0.15) is 18.4 Å². The number of rotatable bonds is 5. The first kappa shape index (κ1) is 14.6. The number of anilines is 1. The van der Waals surface area contributed by atoms with E-state index in [0.29, 0.717) is 5.39 Å². The molecule has 120 valence electrons. The molecule has 0 amide bonds. The third kappa shape index (κ3) is 2.48. The maximum absolute atomic E-state index is 11.2. The van der Waals surface area contributed by atoms with Gasteiger partial charge >= 0.3 is 0 Å². The highest BCUT2D eigenvalue weighted by molar-refractivity contribution is 5.99. The van der Waals surface area contributed by atoms with Gasteiger partial charge in [-0.15, -0.1) is 0 Å². The number of hydrogen-bond acceptors (Lipinski definition) is 4. The van der Waals surface area contributed by atoms with Crippen molar-refractivity contribution in [3.63, 3.8) is 0 Å². The second-order valence-electron chi connectivity index (χ2n) is 6.31. The minimum absolute atomic E-state index is 0.0906. The number of hydrogen-bond donors (Lipinski definition) is 1. The zero-order valence-corrected chi connectivity index (χ0v) is 13.1. The molecule has 1 aliphatic carbocycles. The summed E-state index contributed by atoms with van der Waals surface area (Å²) in [7, 11) is 0. The molecule has 0 atom stereocenters. The van der Waals surface area contributed by atoms with Crippen LogP contribution < -0.4 is 5.32 Å². The average Bonchev–Trinajstić information content (AvgIpc) is 3.41. The number of aromatic nitrogens is 1. The molecule has 4 rings (SSSR count). The first-order chi connectivity index (χ1) is 11.7. The maximum atomic E-state index is 11.2. The largest absolute Gasteiger partial charge is 0.384 e. The highest BCUT2D eigenvalue weighted by atomic mass is 16.6. The molecular weight excluding hydrogens is 302 g/mol. The van der Waals surface area contributed by atoms with Crippen molar-refractivity contribution in [2.24, 2.45) is 0 Å². The fourth-order valence-corrected chi connectivity index (χ4v) is 3.26. The Labute approximate surface area is 139 Å². The third-order valence-electron chi connectivity index (χ3n) is 4.85. The van der Waals surface area contributed by atoms with E-state index in [1.165, 1.54) is 5.56 Å². The van der Waals surface area contributed by atoms with Gasteiger partial charge < -0.3 is 5.32 Å². The Hall–Kier alpha value is -2.95. The van der Waals surface area contributed by atoms with Crippen molar-refractivity contribution < 1.29 is 4.92 Å². The monoisotopic (exact) mass is 319 g/mol. The molecule has 0 spiro atoms. The van der Waals surface area contributed by atoms with Gasteiger partial charge in [-0.2, -0.15) is 0 Å². The number of non-ortho nitro benzene ring substituents is 1. The molecule has 0 unspecified atom stereocenters. The summed E-state index contributed by atoms with van der Waals surface area (Å²) in [4.78, 5) is 14.9. The normalized spacial score (nSPS) is 15.2. The third-order valence-corrected chi connectivity index (χ3v) is 4.85. The van der Waals surface area contributed by atoms with E-state index in [4.69, 9.17) is 0 Å². The van der Waals surface area contributed by atoms with Gasteiger partial charge in [0, 0.05) is 41.5 Å². The molecule has 5 heteroatoms. The molecule has 0 radical (unpaired) electrons. The van der Waals surface area contributed by atoms with Crippen LogP contribution in [0.2, 0.25) is 0 Å². The average molecular weight is 319 g/mol. The highest BCUT2D eigenvalue weighted by Gasteiger charge is 2.43. The van der Waals surface area contributed by atoms with Gasteiger partial charge in [0.25, 0.3) is 5.69 Å². The summed E-state index contributed by atoms with van der Waals surface area (Å²) in [6.07, 6.45) is 5.55. The number of fused-ring (bicyclic) bond motifs is 1. The van der Waals surface area contributed by atoms with E-state index in [1.54, 1.807) is 24.5 Å². The van der Waals surface area contributed by atoms with E-state index >= 15 is 0 Å². The van der Waals surface area contributed by atoms with Gasteiger partial charge in [0.05, 0.1) is 10.3 Å². The summed E-state index contributed by atoms with van der Waals surface area (Å²) in [5, 5.41) is 16.1. The number of nitrogens with zero attached hydrogens (tertiary/aromatic N) is 2. The van der Waals surface area contributed by atoms with E-state index in [-0.39, 0.29) is 16.0 Å². The van der Waals surface area contributed by atoms with Crippen LogP contribution in [0.25, 0.3) is 10.8 Å². The topological polar surface area (TPSA) is 68.1 Å². The van der Waals surface area contributed by atoms with Crippen molar-refractivity contribution in [1.29, 1.82) is 0 Å². The van der Waals surface area contributed by atoms with Crippen molar-refractivity contribution in [2.75, 3.05) is 11.9 Å². The lowest BCUT2D eigenvalue weighted by atomic mass is 9.96. The van der Waals surface area contributed by atoms with Crippen molar-refractivity contribution in [3.05, 3.63) is 76.6 Å². The summed E-state index contributed by atoms with van der Waals surface area (Å²) in [5.74, 6) is 0. The second kappa shape index (κ2) is 5.60. The van der Waals surface area contributed by atoms with Gasteiger partial charge in [-0.25, -0.2) is 0 Å². The molecule has 1 aliphatic rings. The fraction of sp³-hybridized carbons (Fsp3) is 0.211. The number of nitro groups is 1. The first-order valence-electron chi connectivity index (χ1n) is 8.00. The van der Waals surface area contributed by atoms with Crippen molar-refractivity contribution >= 4 is 22.1 Å². The van der Waals surface area contributed by atoms with Crippen LogP contribution in [0.5, 0.6) is 0 Å². The van der Waals surface area contributed by atoms with Crippen LogP contribution >= 0.6 is 0 Å². The van der Waals surface area contributed by atoms with Gasteiger partial charge in [-0.05, 0) is 30.5 Å². The Morgan fingerprint density at radius 3 is 2.58 bits per heavy atom. The summed E-state index contributed by atoms with van der Waals surface area (Å²) in [6.45, 7) is 0.826. The van der Waals surface area contributed by atoms with Gasteiger partial charge in [-0.3, -0.25) is 15.1 Å². The van der Waals surface area contributed by atoms with E-state index < -0.39 is 0 Å². The summed E-state index contributed by atoms with van der Waals surface area (Å²) in [5.41, 5.74) is 2.54. The summed E-state index contributed by atoms with van der Waals surface area (Å²) >= 11 is 0. The van der Waals surface area contributed by atoms with Crippen molar-refractivity contribution in [1.82, 2.24) is 4.98 Å². The molecule has 0 bridgehead atoms. The second-order valence-corrected chi connectivity index (χ2v) is 6.31. The number of nitro benzene ring substituents is 1. The van der Waals surface area contributed by atoms with Crippen molar-refractivity contribution in [3.8, 4) is 0 Å². The van der Waals surface area contributed by atoms with Crippen LogP contribution in [0.15, 0.2) is 60.9 Å². The van der Waals surface area contributed by atoms with Crippen molar-refractivity contribution in [2.45, 2.75) is 18.3 Å². The number of pyridine rings is 1. The zero-order chi connectivity index (χ0) is 16.6. The van der Waals surface area contributed by atoms with Crippen LogP contribution in [0, 0.1) is 10.1 Å². The predicted molar refractivity (Wildman–Crippen MR) is 94.2 cm³/mol. The number of nitrogens with one attached hydrogen (secondary N) is 1. The Morgan fingerprint density at radius 1 is 1.08 bits per heavy atom. The van der Waals surface area contributed by atoms with E-state index in [2.05, 4.69) is 34.6 Å². The lowest BCUT2D eigenvalue weighted by Gasteiger charge is -2.18. The molecule has 0 aliphatic heterocycles. The first-order valence-corrected chi connectivity index (χ1v) is 8.00. The van der Waals surface area contributed by atoms with Crippen LogP contribution in [0.4, 0.5) is 11.4 Å². The maximum Gasteiger partial charge on any atom is 0.278 e. The molecule has 1 aromatic heterocycles. The number of benzene rings is 2. The summed E-state index contributed by atoms with van der Waals surface area (Å²) in [6, 6.07) is 15.7. The molecule has 1 saturated carbocycles. The van der Waals surface area contributed by atoms with Crippen LogP contribution in [0.3, 0.4) is 0 Å². The molecule has 0 saturated heterocycles. The van der Waals surface area contributed by atoms with E-state index in [0.717, 1.165) is 30.5 Å². The lowest BCUT2D eigenvalue weighted by molar-refractivity contribution is -0.383. The fourth-order valence-electron chi connectivity index (χ4n) is 3.26. The quantitative estimate of drug-likeness (QED) is 0.563. The molecule has 24 heavy (non-hydrogen) atoms. The molecule has 1 fully saturated rings. The standard InChI is InChI=1S/C19H17N3O2/c23-22(24)18-7-6-17(15-8-11-20-12-16(15)18)21-13-19(9-10-19)14-4-2-1-3-5-14/h1-8,11-12,21H,9-10,13H2. The van der Waals surface area contributed by atoms with Gasteiger partial charge in [0.1, 0.15) is 0 Å². The minimum Gasteiger partial charge on any atom is -0.384 e. The lowest BCUT2D eigenvalue weighted by Crippen LogP contribution is -2.19. The van der Waals surface area contributed by atoms with Gasteiger partial charge in [0.2, 0.25) is 0 Å². The Kier molecular flexibility index (Phi) is 3.41. The minimum atomic E-state index is -0.361. The molecule has 1 N–H and O–H groups in total. The summed E-state index contributed by atoms with van der Waals surface area (Å²) < 4.78 is 0. The Bertz CT molecular complexity index is 905. The van der Waals surface area contributed by atoms with Gasteiger partial charge in [-0.1, -0.05) is 30.3 Å². The predicted octanol–water partition coefficient (Wildman–Crippen LogP) is 4.29. The molecule has 1 heterocycles. The van der Waals surface area contributed by atoms with E-state index in [9.17, 15) is 10.1 Å². The molecule has 2 aromatic carbocycles. The van der Waals surface area contributed by atoms with Crippen LogP contribution in [-0.2, 0) is 5.41 Å². The smallest absolute Gasteiger partial charge is 0.278 e. The molecular formula is C19H17N3O2. The molecule has 3 aromatic rings. The Balaban J connectivity index is 1.64. The zero-order valence-electron chi connectivity index (χ0n) is 13.1. The van der Waals surface area contributed by atoms with Gasteiger partial charge in [0.15, 0.2) is 0 Å². The van der Waals surface area contributed by atoms with Crippen LogP contribution in [-0.4, -0.2) is 16.5 Å². The Morgan fingerprint density at radius 2 is 1.88 bits per heavy atom. The SMILES string of the molecule is O=[N+]([O-])c1ccc(NCC2(c3ccccc3)CC2)c2ccncc12.